The van der Waals surface area contributed by atoms with E-state index in [1.54, 1.807) is 4.57 Å². The molecule has 0 saturated heterocycles. The van der Waals surface area contributed by atoms with E-state index in [1.165, 1.54) is 0 Å². The fraction of sp³-hybridized carbons (Fsp3) is 0.400. The van der Waals surface area contributed by atoms with Crippen molar-refractivity contribution >= 4 is 0 Å². The maximum Gasteiger partial charge on any atom is 0.330 e. The minimum absolute atomic E-state index is 0.0431. The molecule has 1 aromatic carbocycles. The molecule has 1 heterocycles. The van der Waals surface area contributed by atoms with Crippen LogP contribution in [-0.2, 0) is 6.42 Å². The van der Waals surface area contributed by atoms with Crippen LogP contribution in [0.2, 0.25) is 0 Å². The summed E-state index contributed by atoms with van der Waals surface area (Å²) in [6.07, 6.45) is 5.11. The molecule has 3 nitrogen and oxygen atoms in total. The Morgan fingerprint density at radius 1 is 1.22 bits per heavy atom. The van der Waals surface area contributed by atoms with Gasteiger partial charge in [-0.1, -0.05) is 31.5 Å². The molecule has 2 rings (SSSR count). The number of nitrogens with zero attached hydrogens (tertiary/aromatic N) is 1. The third-order valence-corrected chi connectivity index (χ3v) is 3.25. The van der Waals surface area contributed by atoms with Gasteiger partial charge in [-0.2, -0.15) is 0 Å². The van der Waals surface area contributed by atoms with Gasteiger partial charge in [0.25, 0.3) is 0 Å². The first-order valence-electron chi connectivity index (χ1n) is 6.50. The van der Waals surface area contributed by atoms with Crippen molar-refractivity contribution < 1.29 is 0 Å². The zero-order chi connectivity index (χ0) is 13.1. The van der Waals surface area contributed by atoms with Gasteiger partial charge in [-0.15, -0.1) is 0 Å². The van der Waals surface area contributed by atoms with Crippen LogP contribution < -0.4 is 5.69 Å². The van der Waals surface area contributed by atoms with Gasteiger partial charge >= 0.3 is 5.69 Å². The molecule has 1 N–H and O–H groups in total. The molecule has 0 spiro atoms. The van der Waals surface area contributed by atoms with E-state index in [9.17, 15) is 4.79 Å². The number of hydrogen-bond acceptors (Lipinski definition) is 1. The van der Waals surface area contributed by atoms with E-state index < -0.39 is 0 Å². The minimum Gasteiger partial charge on any atom is -0.310 e. The van der Waals surface area contributed by atoms with Crippen molar-refractivity contribution in [1.29, 1.82) is 0 Å². The van der Waals surface area contributed by atoms with E-state index in [-0.39, 0.29) is 5.69 Å². The first kappa shape index (κ1) is 12.7. The lowest BCUT2D eigenvalue weighted by atomic mass is 10.1. The smallest absolute Gasteiger partial charge is 0.310 e. The lowest BCUT2D eigenvalue weighted by Crippen LogP contribution is -2.16. The van der Waals surface area contributed by atoms with Crippen molar-refractivity contribution in [3.8, 4) is 5.69 Å². The van der Waals surface area contributed by atoms with Crippen LogP contribution in [0.4, 0.5) is 0 Å². The van der Waals surface area contributed by atoms with Crippen molar-refractivity contribution in [3.63, 3.8) is 0 Å². The van der Waals surface area contributed by atoms with Gasteiger partial charge in [0.1, 0.15) is 0 Å². The number of imidazole rings is 1. The number of H-pyrrole nitrogens is 1. The van der Waals surface area contributed by atoms with Crippen molar-refractivity contribution in [2.75, 3.05) is 0 Å². The summed E-state index contributed by atoms with van der Waals surface area (Å²) < 4.78 is 1.73. The molecule has 2 aromatic rings. The molecule has 0 fully saturated rings. The Bertz CT molecular complexity index is 573. The quantitative estimate of drug-likeness (QED) is 0.881. The van der Waals surface area contributed by atoms with E-state index in [4.69, 9.17) is 0 Å². The Hall–Kier alpha value is -1.77. The Labute approximate surface area is 107 Å². The van der Waals surface area contributed by atoms with Crippen LogP contribution in [-0.4, -0.2) is 9.55 Å². The second kappa shape index (κ2) is 5.25. The van der Waals surface area contributed by atoms with Gasteiger partial charge in [-0.25, -0.2) is 4.79 Å². The molecular formula is C15H20N2O. The Morgan fingerprint density at radius 3 is 2.50 bits per heavy atom. The molecule has 96 valence electrons. The maximum atomic E-state index is 12.0. The van der Waals surface area contributed by atoms with Crippen LogP contribution in [0.25, 0.3) is 5.69 Å². The van der Waals surface area contributed by atoms with Gasteiger partial charge in [-0.05, 0) is 37.8 Å². The Kier molecular flexibility index (Phi) is 3.70. The number of benzene rings is 1. The number of aromatic amines is 1. The number of para-hydroxylation sites is 1. The SMILES string of the molecule is CCCCc1cn(-c2c(C)cccc2C)c(=O)[nH]1. The average Bonchev–Trinajstić information content (AvgIpc) is 2.68. The monoisotopic (exact) mass is 244 g/mol. The summed E-state index contributed by atoms with van der Waals surface area (Å²) in [6, 6.07) is 6.09. The molecule has 0 saturated carbocycles. The molecule has 1 aromatic heterocycles. The molecule has 0 atom stereocenters. The van der Waals surface area contributed by atoms with E-state index in [0.717, 1.165) is 41.8 Å². The van der Waals surface area contributed by atoms with Gasteiger partial charge in [0, 0.05) is 11.9 Å². The Balaban J connectivity index is 2.45. The summed E-state index contributed by atoms with van der Waals surface area (Å²) in [6.45, 7) is 6.22. The molecule has 0 aliphatic rings. The second-order valence-corrected chi connectivity index (χ2v) is 4.80. The van der Waals surface area contributed by atoms with Gasteiger partial charge in [-0.3, -0.25) is 4.57 Å². The Morgan fingerprint density at radius 2 is 1.89 bits per heavy atom. The number of hydrogen-bond donors (Lipinski definition) is 1. The normalized spacial score (nSPS) is 10.8. The van der Waals surface area contributed by atoms with Crippen LogP contribution in [0.1, 0.15) is 36.6 Å². The van der Waals surface area contributed by atoms with Crippen LogP contribution in [0.5, 0.6) is 0 Å². The zero-order valence-electron chi connectivity index (χ0n) is 11.3. The number of unbranched alkanes of at least 4 members (excludes halogenated alkanes) is 1. The summed E-state index contributed by atoms with van der Waals surface area (Å²) in [4.78, 5) is 15.0. The highest BCUT2D eigenvalue weighted by atomic mass is 16.1. The summed E-state index contributed by atoms with van der Waals surface area (Å²) in [7, 11) is 0. The van der Waals surface area contributed by atoms with Crippen LogP contribution in [0.15, 0.2) is 29.2 Å². The lowest BCUT2D eigenvalue weighted by molar-refractivity contribution is 0.779. The second-order valence-electron chi connectivity index (χ2n) is 4.80. The zero-order valence-corrected chi connectivity index (χ0v) is 11.3. The van der Waals surface area contributed by atoms with Crippen LogP contribution in [0, 0.1) is 13.8 Å². The molecule has 18 heavy (non-hydrogen) atoms. The molecule has 0 radical (unpaired) electrons. The highest BCUT2D eigenvalue weighted by Crippen LogP contribution is 2.17. The van der Waals surface area contributed by atoms with Crippen molar-refractivity contribution in [2.24, 2.45) is 0 Å². The number of aromatic nitrogens is 2. The molecule has 0 aliphatic heterocycles. The summed E-state index contributed by atoms with van der Waals surface area (Å²) in [5, 5.41) is 0. The molecule has 0 unspecified atom stereocenters. The fourth-order valence-corrected chi connectivity index (χ4v) is 2.29. The van der Waals surface area contributed by atoms with Gasteiger partial charge < -0.3 is 4.98 Å². The maximum absolute atomic E-state index is 12.0. The molecule has 0 bridgehead atoms. The third kappa shape index (κ3) is 2.40. The van der Waals surface area contributed by atoms with E-state index >= 15 is 0 Å². The number of aryl methyl sites for hydroxylation is 3. The molecule has 0 amide bonds. The van der Waals surface area contributed by atoms with E-state index in [1.807, 2.05) is 38.2 Å². The number of rotatable bonds is 4. The highest BCUT2D eigenvalue weighted by molar-refractivity contribution is 5.47. The van der Waals surface area contributed by atoms with Crippen molar-refractivity contribution in [1.82, 2.24) is 9.55 Å². The first-order valence-corrected chi connectivity index (χ1v) is 6.50. The van der Waals surface area contributed by atoms with E-state index in [0.29, 0.717) is 0 Å². The average molecular weight is 244 g/mol. The van der Waals surface area contributed by atoms with Crippen LogP contribution >= 0.6 is 0 Å². The topological polar surface area (TPSA) is 37.8 Å². The molecular weight excluding hydrogens is 224 g/mol. The van der Waals surface area contributed by atoms with Crippen LogP contribution in [0.3, 0.4) is 0 Å². The summed E-state index contributed by atoms with van der Waals surface area (Å²) in [5.41, 5.74) is 4.22. The predicted molar refractivity (Wildman–Crippen MR) is 74.5 cm³/mol. The lowest BCUT2D eigenvalue weighted by Gasteiger charge is -2.08. The van der Waals surface area contributed by atoms with Crippen molar-refractivity contribution in [2.45, 2.75) is 40.0 Å². The largest absolute Gasteiger partial charge is 0.330 e. The molecule has 0 aliphatic carbocycles. The van der Waals surface area contributed by atoms with Crippen molar-refractivity contribution in [3.05, 3.63) is 51.7 Å². The standard InChI is InChI=1S/C15H20N2O/c1-4-5-9-13-10-17(15(18)16-13)14-11(2)7-6-8-12(14)3/h6-8,10H,4-5,9H2,1-3H3,(H,16,18). The predicted octanol–water partition coefficient (Wildman–Crippen LogP) is 3.13. The molecule has 3 heteroatoms. The summed E-state index contributed by atoms with van der Waals surface area (Å²) >= 11 is 0. The fourth-order valence-electron chi connectivity index (χ4n) is 2.29. The number of nitrogens with one attached hydrogen (secondary N) is 1. The van der Waals surface area contributed by atoms with Gasteiger partial charge in [0.05, 0.1) is 5.69 Å². The summed E-state index contributed by atoms with van der Waals surface area (Å²) in [5.74, 6) is 0. The third-order valence-electron chi connectivity index (χ3n) is 3.25. The first-order chi connectivity index (χ1) is 8.63. The minimum atomic E-state index is -0.0431. The highest BCUT2D eigenvalue weighted by Gasteiger charge is 2.09. The van der Waals surface area contributed by atoms with Gasteiger partial charge in [0.2, 0.25) is 0 Å². The van der Waals surface area contributed by atoms with Gasteiger partial charge in [0.15, 0.2) is 0 Å². The van der Waals surface area contributed by atoms with E-state index in [2.05, 4.69) is 11.9 Å².